The van der Waals surface area contributed by atoms with Crippen LogP contribution in [0.5, 0.6) is 0 Å². The van der Waals surface area contributed by atoms with Crippen molar-refractivity contribution in [3.05, 3.63) is 23.3 Å². The Labute approximate surface area is 76.8 Å². The average molecular weight is 187 g/mol. The van der Waals surface area contributed by atoms with Crippen LogP contribution in [0.4, 0.5) is 0 Å². The molecule has 1 fully saturated rings. The summed E-state index contributed by atoms with van der Waals surface area (Å²) in [6.07, 6.45) is 5.58. The second-order valence-corrected chi connectivity index (χ2v) is 3.89. The van der Waals surface area contributed by atoms with E-state index in [1.807, 2.05) is 32.1 Å². The quantitative estimate of drug-likeness (QED) is 0.578. The molecule has 1 aliphatic carbocycles. The molecule has 1 saturated heterocycles. The highest BCUT2D eigenvalue weighted by molar-refractivity contribution is 6.30. The van der Waals surface area contributed by atoms with Gasteiger partial charge in [-0.1, -0.05) is 23.8 Å². The second-order valence-electron chi connectivity index (χ2n) is 3.46. The number of allylic oxidation sites excluding steroid dienone is 2. The molecule has 0 spiro atoms. The second kappa shape index (κ2) is 2.59. The van der Waals surface area contributed by atoms with Gasteiger partial charge >= 0.3 is 0 Å². The van der Waals surface area contributed by atoms with Crippen molar-refractivity contribution in [3.8, 4) is 0 Å². The maximum absolute atomic E-state index is 5.95. The van der Waals surface area contributed by atoms with Crippen molar-refractivity contribution < 1.29 is 9.47 Å². The van der Waals surface area contributed by atoms with E-state index in [0.29, 0.717) is 5.03 Å². The summed E-state index contributed by atoms with van der Waals surface area (Å²) in [7, 11) is 0. The molecule has 2 nitrogen and oxygen atoms in total. The monoisotopic (exact) mass is 186 g/mol. The standard InChI is InChI=1S/C9H11ClO2/c1-9(2)11-7-5-3-4-6(10)8(7)12-9/h3-5,7-8H,1-2H3/t7-,8+/m1/s1. The normalized spacial score (nSPS) is 37.8. The lowest BCUT2D eigenvalue weighted by Crippen LogP contribution is -2.22. The van der Waals surface area contributed by atoms with Gasteiger partial charge in [0.15, 0.2) is 5.79 Å². The van der Waals surface area contributed by atoms with Gasteiger partial charge in [-0.3, -0.25) is 0 Å². The van der Waals surface area contributed by atoms with Crippen LogP contribution in [-0.4, -0.2) is 18.0 Å². The molecule has 0 aromatic carbocycles. The molecule has 2 aliphatic rings. The van der Waals surface area contributed by atoms with Crippen molar-refractivity contribution in [2.24, 2.45) is 0 Å². The summed E-state index contributed by atoms with van der Waals surface area (Å²) in [5.74, 6) is -0.516. The predicted octanol–water partition coefficient (Wildman–Crippen LogP) is 2.20. The Bertz CT molecular complexity index is 255. The molecule has 0 saturated carbocycles. The first-order valence-corrected chi connectivity index (χ1v) is 4.36. The fourth-order valence-electron chi connectivity index (χ4n) is 1.50. The van der Waals surface area contributed by atoms with Gasteiger partial charge in [0.25, 0.3) is 0 Å². The summed E-state index contributed by atoms with van der Waals surface area (Å²) in [5, 5.41) is 0.716. The van der Waals surface area contributed by atoms with E-state index >= 15 is 0 Å². The highest BCUT2D eigenvalue weighted by Crippen LogP contribution is 2.35. The van der Waals surface area contributed by atoms with Crippen LogP contribution >= 0.6 is 11.6 Å². The van der Waals surface area contributed by atoms with Gasteiger partial charge in [0.2, 0.25) is 0 Å². The van der Waals surface area contributed by atoms with Gasteiger partial charge in [-0.15, -0.1) is 0 Å². The Morgan fingerprint density at radius 3 is 2.83 bits per heavy atom. The molecule has 0 aromatic heterocycles. The molecule has 0 N–H and O–H groups in total. The number of hydrogen-bond acceptors (Lipinski definition) is 2. The molecule has 2 atom stereocenters. The van der Waals surface area contributed by atoms with Crippen molar-refractivity contribution >= 4 is 11.6 Å². The predicted molar refractivity (Wildman–Crippen MR) is 46.9 cm³/mol. The molecule has 3 heteroatoms. The zero-order chi connectivity index (χ0) is 8.77. The Balaban J connectivity index is 2.24. The van der Waals surface area contributed by atoms with Crippen molar-refractivity contribution in [2.45, 2.75) is 31.8 Å². The molecule has 66 valence electrons. The van der Waals surface area contributed by atoms with Crippen molar-refractivity contribution in [1.82, 2.24) is 0 Å². The SMILES string of the molecule is CC1(C)O[C@@H]2C=CC=C(Cl)[C@@H]2O1. The molecule has 12 heavy (non-hydrogen) atoms. The van der Waals surface area contributed by atoms with Crippen LogP contribution in [0, 0.1) is 0 Å². The fraction of sp³-hybridized carbons (Fsp3) is 0.556. The summed E-state index contributed by atoms with van der Waals surface area (Å²) >= 11 is 5.95. The van der Waals surface area contributed by atoms with E-state index in [2.05, 4.69) is 0 Å². The van der Waals surface area contributed by atoms with Crippen LogP contribution in [-0.2, 0) is 9.47 Å². The molecular formula is C9H11ClO2. The van der Waals surface area contributed by atoms with Gasteiger partial charge in [0.05, 0.1) is 0 Å². The Kier molecular flexibility index (Phi) is 1.79. The van der Waals surface area contributed by atoms with Gasteiger partial charge in [0, 0.05) is 5.03 Å². The minimum absolute atomic E-state index is 0.0162. The Morgan fingerprint density at radius 1 is 1.42 bits per heavy atom. The molecule has 0 aromatic rings. The maximum atomic E-state index is 5.95. The topological polar surface area (TPSA) is 18.5 Å². The molecular weight excluding hydrogens is 176 g/mol. The van der Waals surface area contributed by atoms with E-state index < -0.39 is 5.79 Å². The molecule has 1 aliphatic heterocycles. The lowest BCUT2D eigenvalue weighted by molar-refractivity contribution is -0.139. The zero-order valence-electron chi connectivity index (χ0n) is 7.08. The van der Waals surface area contributed by atoms with E-state index in [1.54, 1.807) is 0 Å². The first-order valence-electron chi connectivity index (χ1n) is 3.98. The van der Waals surface area contributed by atoms with Gasteiger partial charge in [-0.25, -0.2) is 0 Å². The number of fused-ring (bicyclic) bond motifs is 1. The zero-order valence-corrected chi connectivity index (χ0v) is 7.84. The molecule has 0 unspecified atom stereocenters. The van der Waals surface area contributed by atoms with E-state index in [-0.39, 0.29) is 12.2 Å². The minimum atomic E-state index is -0.516. The van der Waals surface area contributed by atoms with Crippen molar-refractivity contribution in [2.75, 3.05) is 0 Å². The first kappa shape index (κ1) is 8.30. The Morgan fingerprint density at radius 2 is 2.17 bits per heavy atom. The lowest BCUT2D eigenvalue weighted by Gasteiger charge is -2.16. The third kappa shape index (κ3) is 1.30. The summed E-state index contributed by atoms with van der Waals surface area (Å²) in [6, 6.07) is 0. The average Bonchev–Trinajstić information content (AvgIpc) is 2.25. The molecule has 0 bridgehead atoms. The van der Waals surface area contributed by atoms with Crippen LogP contribution in [0.1, 0.15) is 13.8 Å². The summed E-state index contributed by atoms with van der Waals surface area (Å²) in [6.45, 7) is 3.78. The smallest absolute Gasteiger partial charge is 0.164 e. The number of rotatable bonds is 0. The summed E-state index contributed by atoms with van der Waals surface area (Å²) < 4.78 is 11.2. The maximum Gasteiger partial charge on any atom is 0.164 e. The van der Waals surface area contributed by atoms with E-state index in [1.165, 1.54) is 0 Å². The van der Waals surface area contributed by atoms with E-state index in [4.69, 9.17) is 21.1 Å². The van der Waals surface area contributed by atoms with Crippen molar-refractivity contribution in [1.29, 1.82) is 0 Å². The fourth-order valence-corrected chi connectivity index (χ4v) is 1.74. The highest BCUT2D eigenvalue weighted by Gasteiger charge is 2.42. The number of hydrogen-bond donors (Lipinski definition) is 0. The van der Waals surface area contributed by atoms with Crippen molar-refractivity contribution in [3.63, 3.8) is 0 Å². The van der Waals surface area contributed by atoms with Crippen LogP contribution in [0.2, 0.25) is 0 Å². The third-order valence-electron chi connectivity index (χ3n) is 1.96. The number of halogens is 1. The van der Waals surface area contributed by atoms with Crippen LogP contribution in [0.15, 0.2) is 23.3 Å². The van der Waals surface area contributed by atoms with E-state index in [0.717, 1.165) is 0 Å². The largest absolute Gasteiger partial charge is 0.340 e. The van der Waals surface area contributed by atoms with Crippen LogP contribution in [0.25, 0.3) is 0 Å². The van der Waals surface area contributed by atoms with E-state index in [9.17, 15) is 0 Å². The third-order valence-corrected chi connectivity index (χ3v) is 2.30. The molecule has 0 radical (unpaired) electrons. The van der Waals surface area contributed by atoms with Crippen LogP contribution in [0.3, 0.4) is 0 Å². The Hall–Kier alpha value is -0.310. The lowest BCUT2D eigenvalue weighted by atomic mass is 10.1. The minimum Gasteiger partial charge on any atom is -0.340 e. The number of ether oxygens (including phenoxy) is 2. The summed E-state index contributed by atoms with van der Waals surface area (Å²) in [4.78, 5) is 0. The first-order chi connectivity index (χ1) is 5.58. The van der Waals surface area contributed by atoms with Crippen LogP contribution < -0.4 is 0 Å². The van der Waals surface area contributed by atoms with Gasteiger partial charge in [0.1, 0.15) is 12.2 Å². The van der Waals surface area contributed by atoms with Gasteiger partial charge in [-0.05, 0) is 19.9 Å². The van der Waals surface area contributed by atoms with Gasteiger partial charge in [-0.2, -0.15) is 0 Å². The molecule has 1 heterocycles. The molecule has 0 amide bonds. The molecule has 2 rings (SSSR count). The van der Waals surface area contributed by atoms with Gasteiger partial charge < -0.3 is 9.47 Å². The highest BCUT2D eigenvalue weighted by atomic mass is 35.5. The summed E-state index contributed by atoms with van der Waals surface area (Å²) in [5.41, 5.74) is 0.